The molecule has 1 unspecified atom stereocenters. The van der Waals surface area contributed by atoms with Crippen molar-refractivity contribution in [2.45, 2.75) is 19.9 Å². The zero-order valence-electron chi connectivity index (χ0n) is 9.59. The van der Waals surface area contributed by atoms with Crippen LogP contribution in [0.2, 0.25) is 5.02 Å². The van der Waals surface area contributed by atoms with Crippen LogP contribution >= 0.6 is 50.2 Å². The van der Waals surface area contributed by atoms with Gasteiger partial charge in [0.1, 0.15) is 0 Å². The van der Waals surface area contributed by atoms with Crippen molar-refractivity contribution in [1.29, 1.82) is 0 Å². The smallest absolute Gasteiger partial charge is 0.0780 e. The highest BCUT2D eigenvalue weighted by atomic mass is 79.9. The van der Waals surface area contributed by atoms with Crippen LogP contribution in [-0.2, 0) is 0 Å². The lowest BCUT2D eigenvalue weighted by Gasteiger charge is -2.15. The second-order valence-electron chi connectivity index (χ2n) is 3.73. The van der Waals surface area contributed by atoms with Gasteiger partial charge in [-0.1, -0.05) is 18.5 Å². The summed E-state index contributed by atoms with van der Waals surface area (Å²) in [5.74, 6) is 0. The Hall–Kier alpha value is 0.130. The lowest BCUT2D eigenvalue weighted by Crippen LogP contribution is -2.20. The average Bonchev–Trinajstić information content (AvgIpc) is 2.83. The highest BCUT2D eigenvalue weighted by Gasteiger charge is 2.20. The van der Waals surface area contributed by atoms with Crippen molar-refractivity contribution < 1.29 is 0 Å². The Kier molecular flexibility index (Phi) is 4.66. The molecule has 0 bridgehead atoms. The maximum absolute atomic E-state index is 6.23. The molecule has 0 aliphatic rings. The minimum atomic E-state index is 0.211. The van der Waals surface area contributed by atoms with Crippen LogP contribution in [0.15, 0.2) is 21.3 Å². The van der Waals surface area contributed by atoms with Crippen LogP contribution in [0, 0.1) is 6.92 Å². The zero-order valence-corrected chi connectivity index (χ0v) is 13.6. The predicted octanol–water partition coefficient (Wildman–Crippen LogP) is 5.23. The summed E-state index contributed by atoms with van der Waals surface area (Å²) in [4.78, 5) is 2.50. The highest BCUT2D eigenvalue weighted by molar-refractivity contribution is 9.11. The molecule has 5 heteroatoms. The van der Waals surface area contributed by atoms with Gasteiger partial charge in [-0.3, -0.25) is 0 Å². The minimum absolute atomic E-state index is 0.211. The maximum atomic E-state index is 6.23. The molecule has 1 atom stereocenters. The van der Waals surface area contributed by atoms with Gasteiger partial charge in [0, 0.05) is 9.75 Å². The number of nitrogens with one attached hydrogen (secondary N) is 1. The summed E-state index contributed by atoms with van der Waals surface area (Å²) in [5, 5.41) is 6.39. The first kappa shape index (κ1) is 13.6. The van der Waals surface area contributed by atoms with E-state index in [1.165, 1.54) is 19.1 Å². The molecule has 2 aromatic rings. The Labute approximate surface area is 123 Å². The van der Waals surface area contributed by atoms with E-state index in [9.17, 15) is 0 Å². The summed E-state index contributed by atoms with van der Waals surface area (Å²) in [6.45, 7) is 5.15. The van der Waals surface area contributed by atoms with Crippen molar-refractivity contribution in [2.24, 2.45) is 0 Å². The third kappa shape index (κ3) is 2.93. The van der Waals surface area contributed by atoms with Crippen LogP contribution in [0.1, 0.15) is 28.3 Å². The van der Waals surface area contributed by atoms with Crippen LogP contribution < -0.4 is 5.32 Å². The SMILES string of the molecule is CCNC(c1cc(C)c(Br)s1)c1sccc1Cl. The summed E-state index contributed by atoms with van der Waals surface area (Å²) in [6, 6.07) is 4.39. The summed E-state index contributed by atoms with van der Waals surface area (Å²) >= 11 is 13.3. The van der Waals surface area contributed by atoms with Crippen molar-refractivity contribution in [3.8, 4) is 0 Å². The van der Waals surface area contributed by atoms with Crippen LogP contribution in [0.25, 0.3) is 0 Å². The normalized spacial score (nSPS) is 12.9. The molecule has 0 aliphatic heterocycles. The molecule has 0 fully saturated rings. The average molecular weight is 351 g/mol. The summed E-state index contributed by atoms with van der Waals surface area (Å²) < 4.78 is 1.20. The molecule has 0 radical (unpaired) electrons. The second kappa shape index (κ2) is 5.85. The van der Waals surface area contributed by atoms with E-state index in [1.54, 1.807) is 22.7 Å². The lowest BCUT2D eigenvalue weighted by molar-refractivity contribution is 0.649. The van der Waals surface area contributed by atoms with Crippen LogP contribution in [0.3, 0.4) is 0 Å². The van der Waals surface area contributed by atoms with E-state index in [-0.39, 0.29) is 6.04 Å². The second-order valence-corrected chi connectivity index (χ2v) is 7.49. The molecule has 2 heterocycles. The number of hydrogen-bond donors (Lipinski definition) is 1. The van der Waals surface area contributed by atoms with Gasteiger partial charge >= 0.3 is 0 Å². The van der Waals surface area contributed by atoms with Crippen molar-refractivity contribution in [2.75, 3.05) is 6.54 Å². The fourth-order valence-corrected chi connectivity index (χ4v) is 4.65. The first-order chi connectivity index (χ1) is 8.13. The molecule has 0 aromatic carbocycles. The standard InChI is InChI=1S/C12H13BrClNS2/c1-3-15-10(11-8(14)4-5-16-11)9-6-7(2)12(13)17-9/h4-6,10,15H,3H2,1-2H3. The molecule has 0 saturated heterocycles. The fourth-order valence-electron chi connectivity index (χ4n) is 1.66. The van der Waals surface area contributed by atoms with Gasteiger partial charge in [-0.05, 0) is 52.5 Å². The van der Waals surface area contributed by atoms with Crippen molar-refractivity contribution in [1.82, 2.24) is 5.32 Å². The van der Waals surface area contributed by atoms with Crippen molar-refractivity contribution in [3.05, 3.63) is 41.6 Å². The number of rotatable bonds is 4. The summed E-state index contributed by atoms with van der Waals surface area (Å²) in [5.41, 5.74) is 1.28. The van der Waals surface area contributed by atoms with E-state index >= 15 is 0 Å². The van der Waals surface area contributed by atoms with E-state index in [0.717, 1.165) is 11.6 Å². The Balaban J connectivity index is 2.39. The zero-order chi connectivity index (χ0) is 12.4. The molecule has 92 valence electrons. The van der Waals surface area contributed by atoms with Gasteiger partial charge in [-0.2, -0.15) is 0 Å². The summed E-state index contributed by atoms with van der Waals surface area (Å²) in [7, 11) is 0. The lowest BCUT2D eigenvalue weighted by atomic mass is 10.2. The Morgan fingerprint density at radius 2 is 2.29 bits per heavy atom. The monoisotopic (exact) mass is 349 g/mol. The first-order valence-corrected chi connectivity index (χ1v) is 8.22. The maximum Gasteiger partial charge on any atom is 0.0780 e. The Morgan fingerprint density at radius 1 is 1.53 bits per heavy atom. The number of thiophene rings is 2. The third-order valence-corrected chi connectivity index (χ3v) is 6.10. The Bertz CT molecular complexity index is 487. The molecule has 1 N–H and O–H groups in total. The Morgan fingerprint density at radius 3 is 2.76 bits per heavy atom. The van der Waals surface area contributed by atoms with Crippen LogP contribution in [-0.4, -0.2) is 6.54 Å². The summed E-state index contributed by atoms with van der Waals surface area (Å²) in [6.07, 6.45) is 0. The molecule has 2 aromatic heterocycles. The molecule has 17 heavy (non-hydrogen) atoms. The molecule has 2 rings (SSSR count). The topological polar surface area (TPSA) is 12.0 Å². The van der Waals surface area contributed by atoms with Gasteiger partial charge in [-0.15, -0.1) is 22.7 Å². The highest BCUT2D eigenvalue weighted by Crippen LogP contribution is 2.38. The molecule has 0 aliphatic carbocycles. The quantitative estimate of drug-likeness (QED) is 0.796. The third-order valence-electron chi connectivity index (χ3n) is 2.48. The van der Waals surface area contributed by atoms with Crippen molar-refractivity contribution in [3.63, 3.8) is 0 Å². The molecule has 0 spiro atoms. The van der Waals surface area contributed by atoms with Gasteiger partial charge in [0.05, 0.1) is 14.9 Å². The molecular weight excluding hydrogens is 338 g/mol. The van der Waals surface area contributed by atoms with Gasteiger partial charge in [-0.25, -0.2) is 0 Å². The van der Waals surface area contributed by atoms with Crippen LogP contribution in [0.4, 0.5) is 0 Å². The molecule has 1 nitrogen and oxygen atoms in total. The fraction of sp³-hybridized carbons (Fsp3) is 0.333. The van der Waals surface area contributed by atoms with Gasteiger partial charge in [0.25, 0.3) is 0 Å². The van der Waals surface area contributed by atoms with E-state index in [4.69, 9.17) is 11.6 Å². The largest absolute Gasteiger partial charge is 0.305 e. The van der Waals surface area contributed by atoms with Crippen molar-refractivity contribution >= 4 is 50.2 Å². The number of hydrogen-bond acceptors (Lipinski definition) is 3. The van der Waals surface area contributed by atoms with Gasteiger partial charge < -0.3 is 5.32 Å². The molecular formula is C12H13BrClNS2. The van der Waals surface area contributed by atoms with Crippen LogP contribution in [0.5, 0.6) is 0 Å². The van der Waals surface area contributed by atoms with E-state index in [0.29, 0.717) is 0 Å². The molecule has 0 saturated carbocycles. The van der Waals surface area contributed by atoms with E-state index < -0.39 is 0 Å². The predicted molar refractivity (Wildman–Crippen MR) is 81.6 cm³/mol. The first-order valence-electron chi connectivity index (χ1n) is 5.35. The number of aryl methyl sites for hydroxylation is 1. The minimum Gasteiger partial charge on any atom is -0.305 e. The van der Waals surface area contributed by atoms with Gasteiger partial charge in [0.2, 0.25) is 0 Å². The van der Waals surface area contributed by atoms with E-state index in [2.05, 4.69) is 41.2 Å². The number of halogens is 2. The molecule has 0 amide bonds. The van der Waals surface area contributed by atoms with Gasteiger partial charge in [0.15, 0.2) is 0 Å². The van der Waals surface area contributed by atoms with E-state index in [1.807, 2.05) is 11.4 Å².